The molecule has 104 valence electrons. The van der Waals surface area contributed by atoms with Crippen LogP contribution in [0.5, 0.6) is 0 Å². The van der Waals surface area contributed by atoms with Crippen molar-refractivity contribution in [3.05, 3.63) is 29.8 Å². The summed E-state index contributed by atoms with van der Waals surface area (Å²) in [6, 6.07) is 7.20. The minimum atomic E-state index is -0.698. The van der Waals surface area contributed by atoms with Crippen molar-refractivity contribution in [2.45, 2.75) is 19.3 Å². The van der Waals surface area contributed by atoms with Gasteiger partial charge in [0.1, 0.15) is 0 Å². The summed E-state index contributed by atoms with van der Waals surface area (Å²) < 4.78 is 0. The summed E-state index contributed by atoms with van der Waals surface area (Å²) in [5, 5.41) is 2.50. The fourth-order valence-electron chi connectivity index (χ4n) is 1.87. The predicted molar refractivity (Wildman–Crippen MR) is 75.6 cm³/mol. The van der Waals surface area contributed by atoms with Gasteiger partial charge < -0.3 is 16.0 Å². The third kappa shape index (κ3) is 3.47. The third-order valence-electron chi connectivity index (χ3n) is 3.17. The highest BCUT2D eigenvalue weighted by molar-refractivity contribution is 5.90. The highest BCUT2D eigenvalue weighted by Crippen LogP contribution is 2.26. The molecule has 5 nitrogen and oxygen atoms in total. The fourth-order valence-corrected chi connectivity index (χ4v) is 1.87. The van der Waals surface area contributed by atoms with Crippen LogP contribution >= 0.6 is 0 Å². The van der Waals surface area contributed by atoms with Crippen LogP contribution in [-0.2, 0) is 15.0 Å². The summed E-state index contributed by atoms with van der Waals surface area (Å²) in [5.41, 5.74) is 6.47. The molecule has 2 amide bonds. The molecule has 0 aromatic heterocycles. The molecule has 1 aromatic rings. The molecule has 0 saturated heterocycles. The Morgan fingerprint density at radius 1 is 1.26 bits per heavy atom. The first-order valence-corrected chi connectivity index (χ1v) is 6.11. The summed E-state index contributed by atoms with van der Waals surface area (Å²) in [5.74, 6) is -0.301. The Morgan fingerprint density at radius 2 is 1.79 bits per heavy atom. The van der Waals surface area contributed by atoms with Crippen molar-refractivity contribution in [2.75, 3.05) is 26.4 Å². The molecule has 3 N–H and O–H groups in total. The normalized spacial score (nSPS) is 10.9. The van der Waals surface area contributed by atoms with E-state index in [4.69, 9.17) is 5.73 Å². The molecule has 0 saturated carbocycles. The lowest BCUT2D eigenvalue weighted by Crippen LogP contribution is -2.45. The number of nitrogen functional groups attached to an aromatic ring is 1. The topological polar surface area (TPSA) is 75.4 Å². The molecule has 0 aliphatic heterocycles. The molecule has 0 atom stereocenters. The van der Waals surface area contributed by atoms with Crippen molar-refractivity contribution in [1.29, 1.82) is 0 Å². The van der Waals surface area contributed by atoms with Crippen LogP contribution in [0.1, 0.15) is 19.4 Å². The van der Waals surface area contributed by atoms with Gasteiger partial charge in [-0.05, 0) is 31.5 Å². The van der Waals surface area contributed by atoms with Crippen molar-refractivity contribution in [3.63, 3.8) is 0 Å². The second kappa shape index (κ2) is 5.73. The minimum absolute atomic E-state index is 0.0493. The molecule has 1 rings (SSSR count). The molecule has 5 heteroatoms. The zero-order valence-corrected chi connectivity index (χ0v) is 11.9. The predicted octanol–water partition coefficient (Wildman–Crippen LogP) is 0.751. The van der Waals surface area contributed by atoms with E-state index in [2.05, 4.69) is 5.32 Å². The molecule has 0 aliphatic carbocycles. The molecule has 0 unspecified atom stereocenters. The lowest BCUT2D eigenvalue weighted by atomic mass is 9.83. The van der Waals surface area contributed by atoms with Gasteiger partial charge in [-0.15, -0.1) is 0 Å². The zero-order valence-electron chi connectivity index (χ0n) is 11.9. The summed E-state index contributed by atoms with van der Waals surface area (Å²) >= 11 is 0. The Balaban J connectivity index is 2.89. The van der Waals surface area contributed by atoms with Crippen LogP contribution in [0, 0.1) is 0 Å². The van der Waals surface area contributed by atoms with E-state index in [1.807, 2.05) is 26.0 Å². The molecule has 1 aromatic carbocycles. The number of carbonyl (C=O) groups is 2. The van der Waals surface area contributed by atoms with Gasteiger partial charge >= 0.3 is 0 Å². The van der Waals surface area contributed by atoms with Gasteiger partial charge in [0.05, 0.1) is 12.0 Å². The molecule has 0 fully saturated rings. The van der Waals surface area contributed by atoms with Crippen molar-refractivity contribution >= 4 is 17.5 Å². The summed E-state index contributed by atoms with van der Waals surface area (Å²) in [4.78, 5) is 25.2. The highest BCUT2D eigenvalue weighted by atomic mass is 16.2. The molecule has 0 radical (unpaired) electrons. The number of likely N-dealkylation sites (N-methyl/N-ethyl adjacent to an activating group) is 2. The van der Waals surface area contributed by atoms with Crippen LogP contribution in [0.4, 0.5) is 5.69 Å². The van der Waals surface area contributed by atoms with Gasteiger partial charge in [0, 0.05) is 19.8 Å². The van der Waals surface area contributed by atoms with Gasteiger partial charge in [0.2, 0.25) is 11.8 Å². The molecule has 0 bridgehead atoms. The number of nitrogens with zero attached hydrogens (tertiary/aromatic N) is 1. The first kappa shape index (κ1) is 15.0. The standard InChI is InChI=1S/C14H21N3O2/c1-14(2,10-5-7-11(15)8-6-10)13(19)17(4)9-12(18)16-3/h5-8H,9,15H2,1-4H3,(H,16,18). The van der Waals surface area contributed by atoms with Gasteiger partial charge in [0.15, 0.2) is 0 Å². The average molecular weight is 263 g/mol. The number of rotatable bonds is 4. The number of benzene rings is 1. The maximum absolute atomic E-state index is 12.4. The van der Waals surface area contributed by atoms with Crippen LogP contribution in [0.15, 0.2) is 24.3 Å². The Bertz CT molecular complexity index is 466. The number of nitrogens with one attached hydrogen (secondary N) is 1. The molecular formula is C14H21N3O2. The fraction of sp³-hybridized carbons (Fsp3) is 0.429. The molecule has 19 heavy (non-hydrogen) atoms. The first-order chi connectivity index (χ1) is 8.78. The SMILES string of the molecule is CNC(=O)CN(C)C(=O)C(C)(C)c1ccc(N)cc1. The monoisotopic (exact) mass is 263 g/mol. The van der Waals surface area contributed by atoms with Gasteiger partial charge in [0.25, 0.3) is 0 Å². The summed E-state index contributed by atoms with van der Waals surface area (Å²) in [6.07, 6.45) is 0. The Morgan fingerprint density at radius 3 is 2.26 bits per heavy atom. The van der Waals surface area contributed by atoms with Gasteiger partial charge in [-0.2, -0.15) is 0 Å². The molecule has 0 heterocycles. The van der Waals surface area contributed by atoms with E-state index in [1.54, 1.807) is 26.2 Å². The molecule has 0 aliphatic rings. The Kier molecular flexibility index (Phi) is 4.53. The van der Waals surface area contributed by atoms with E-state index in [1.165, 1.54) is 4.90 Å². The first-order valence-electron chi connectivity index (χ1n) is 6.11. The molecule has 0 spiro atoms. The van der Waals surface area contributed by atoms with E-state index in [0.717, 1.165) is 5.56 Å². The Hall–Kier alpha value is -2.04. The largest absolute Gasteiger partial charge is 0.399 e. The number of hydrogen-bond donors (Lipinski definition) is 2. The van der Waals surface area contributed by atoms with Crippen molar-refractivity contribution in [3.8, 4) is 0 Å². The quantitative estimate of drug-likeness (QED) is 0.787. The smallest absolute Gasteiger partial charge is 0.239 e. The lowest BCUT2D eigenvalue weighted by Gasteiger charge is -2.29. The van der Waals surface area contributed by atoms with Crippen LogP contribution in [0.25, 0.3) is 0 Å². The van der Waals surface area contributed by atoms with E-state index < -0.39 is 5.41 Å². The highest BCUT2D eigenvalue weighted by Gasteiger charge is 2.32. The van der Waals surface area contributed by atoms with Gasteiger partial charge in [-0.25, -0.2) is 0 Å². The van der Waals surface area contributed by atoms with E-state index in [9.17, 15) is 9.59 Å². The van der Waals surface area contributed by atoms with Crippen LogP contribution < -0.4 is 11.1 Å². The van der Waals surface area contributed by atoms with Crippen LogP contribution in [0.3, 0.4) is 0 Å². The lowest BCUT2D eigenvalue weighted by molar-refractivity contribution is -0.138. The molecular weight excluding hydrogens is 242 g/mol. The maximum Gasteiger partial charge on any atom is 0.239 e. The summed E-state index contributed by atoms with van der Waals surface area (Å²) in [7, 11) is 3.17. The van der Waals surface area contributed by atoms with Crippen LogP contribution in [-0.4, -0.2) is 37.4 Å². The van der Waals surface area contributed by atoms with Gasteiger partial charge in [-0.1, -0.05) is 12.1 Å². The minimum Gasteiger partial charge on any atom is -0.399 e. The average Bonchev–Trinajstić information content (AvgIpc) is 2.38. The second-order valence-corrected chi connectivity index (χ2v) is 5.08. The number of hydrogen-bond acceptors (Lipinski definition) is 3. The second-order valence-electron chi connectivity index (χ2n) is 5.08. The van der Waals surface area contributed by atoms with E-state index in [0.29, 0.717) is 5.69 Å². The number of amides is 2. The number of nitrogens with two attached hydrogens (primary N) is 1. The number of carbonyl (C=O) groups excluding carboxylic acids is 2. The van der Waals surface area contributed by atoms with Crippen LogP contribution in [0.2, 0.25) is 0 Å². The van der Waals surface area contributed by atoms with Crippen molar-refractivity contribution in [2.24, 2.45) is 0 Å². The maximum atomic E-state index is 12.4. The third-order valence-corrected chi connectivity index (χ3v) is 3.17. The van der Waals surface area contributed by atoms with Gasteiger partial charge in [-0.3, -0.25) is 9.59 Å². The Labute approximate surface area is 113 Å². The van der Waals surface area contributed by atoms with Crippen molar-refractivity contribution < 1.29 is 9.59 Å². The zero-order chi connectivity index (χ0) is 14.6. The van der Waals surface area contributed by atoms with Crippen molar-refractivity contribution in [1.82, 2.24) is 10.2 Å². The van der Waals surface area contributed by atoms with E-state index >= 15 is 0 Å². The van der Waals surface area contributed by atoms with E-state index in [-0.39, 0.29) is 18.4 Å². The number of anilines is 1. The summed E-state index contributed by atoms with van der Waals surface area (Å²) in [6.45, 7) is 3.72.